The zero-order chi connectivity index (χ0) is 13.1. The Morgan fingerprint density at radius 3 is 2.17 bits per heavy atom. The molecule has 5 nitrogen and oxygen atoms in total. The highest BCUT2D eigenvalue weighted by atomic mass is 16.5. The highest BCUT2D eigenvalue weighted by Gasteiger charge is 2.37. The van der Waals surface area contributed by atoms with E-state index in [0.717, 1.165) is 17.1 Å². The summed E-state index contributed by atoms with van der Waals surface area (Å²) < 4.78 is 4.66. The number of nitrogens with zero attached hydrogens (tertiary/aromatic N) is 1. The second kappa shape index (κ2) is 4.83. The molecule has 1 aromatic rings. The van der Waals surface area contributed by atoms with E-state index in [1.165, 1.54) is 7.11 Å². The SMILES string of the molecule is COC(=O)[C@@H](c1ccccc1)N1C(=O)C=CC1=O. The van der Waals surface area contributed by atoms with Crippen LogP contribution in [-0.4, -0.2) is 29.8 Å². The maximum absolute atomic E-state index is 11.8. The van der Waals surface area contributed by atoms with Gasteiger partial charge in [0.1, 0.15) is 0 Å². The van der Waals surface area contributed by atoms with Gasteiger partial charge in [0.25, 0.3) is 11.8 Å². The summed E-state index contributed by atoms with van der Waals surface area (Å²) >= 11 is 0. The van der Waals surface area contributed by atoms with Crippen molar-refractivity contribution in [1.29, 1.82) is 0 Å². The minimum atomic E-state index is -1.04. The Labute approximate surface area is 104 Å². The molecule has 0 saturated carbocycles. The summed E-state index contributed by atoms with van der Waals surface area (Å²) in [6.07, 6.45) is 2.28. The van der Waals surface area contributed by atoms with Gasteiger partial charge >= 0.3 is 5.97 Å². The van der Waals surface area contributed by atoms with Gasteiger partial charge in [-0.05, 0) is 5.56 Å². The van der Waals surface area contributed by atoms with Gasteiger partial charge in [0.15, 0.2) is 6.04 Å². The van der Waals surface area contributed by atoms with Gasteiger partial charge in [-0.1, -0.05) is 30.3 Å². The summed E-state index contributed by atoms with van der Waals surface area (Å²) in [5, 5.41) is 0. The zero-order valence-electron chi connectivity index (χ0n) is 9.70. The molecular weight excluding hydrogens is 234 g/mol. The van der Waals surface area contributed by atoms with Crippen molar-refractivity contribution in [3.05, 3.63) is 48.0 Å². The molecule has 0 saturated heterocycles. The molecule has 1 atom stereocenters. The van der Waals surface area contributed by atoms with E-state index in [0.29, 0.717) is 5.56 Å². The topological polar surface area (TPSA) is 63.7 Å². The number of amides is 2. The van der Waals surface area contributed by atoms with Crippen LogP contribution in [0.15, 0.2) is 42.5 Å². The van der Waals surface area contributed by atoms with Crippen LogP contribution in [0.5, 0.6) is 0 Å². The van der Waals surface area contributed by atoms with E-state index >= 15 is 0 Å². The molecule has 1 heterocycles. The predicted octanol–water partition coefficient (Wildman–Crippen LogP) is 0.826. The van der Waals surface area contributed by atoms with E-state index in [4.69, 9.17) is 0 Å². The summed E-state index contributed by atoms with van der Waals surface area (Å²) in [5.74, 6) is -1.68. The zero-order valence-corrected chi connectivity index (χ0v) is 9.70. The first kappa shape index (κ1) is 12.0. The lowest BCUT2D eigenvalue weighted by Crippen LogP contribution is -2.39. The molecule has 1 aliphatic heterocycles. The molecule has 1 aliphatic rings. The maximum Gasteiger partial charge on any atom is 0.333 e. The number of hydrogen-bond acceptors (Lipinski definition) is 4. The number of ether oxygens (including phenoxy) is 1. The number of methoxy groups -OCH3 is 1. The average molecular weight is 245 g/mol. The standard InChI is InChI=1S/C13H11NO4/c1-18-13(17)12(9-5-3-2-4-6-9)14-10(15)7-8-11(14)16/h2-8,12H,1H3/t12-/m1/s1. The van der Waals surface area contributed by atoms with Crippen molar-refractivity contribution in [2.75, 3.05) is 7.11 Å². The predicted molar refractivity (Wildman–Crippen MR) is 62.2 cm³/mol. The van der Waals surface area contributed by atoms with Crippen LogP contribution in [0.1, 0.15) is 11.6 Å². The van der Waals surface area contributed by atoms with Crippen molar-refractivity contribution in [1.82, 2.24) is 4.90 Å². The molecule has 0 N–H and O–H groups in total. The summed E-state index contributed by atoms with van der Waals surface area (Å²) in [7, 11) is 1.22. The van der Waals surface area contributed by atoms with Crippen LogP contribution in [0.4, 0.5) is 0 Å². The van der Waals surface area contributed by atoms with Crippen LogP contribution >= 0.6 is 0 Å². The highest BCUT2D eigenvalue weighted by Crippen LogP contribution is 2.25. The van der Waals surface area contributed by atoms with Crippen LogP contribution in [0.25, 0.3) is 0 Å². The fourth-order valence-electron chi connectivity index (χ4n) is 1.80. The largest absolute Gasteiger partial charge is 0.467 e. The maximum atomic E-state index is 11.8. The summed E-state index contributed by atoms with van der Waals surface area (Å²) in [5.41, 5.74) is 0.537. The molecule has 18 heavy (non-hydrogen) atoms. The third-order valence-corrected chi connectivity index (χ3v) is 2.64. The second-order valence-electron chi connectivity index (χ2n) is 3.72. The highest BCUT2D eigenvalue weighted by molar-refractivity contribution is 6.14. The lowest BCUT2D eigenvalue weighted by Gasteiger charge is -2.24. The average Bonchev–Trinajstić information content (AvgIpc) is 2.72. The van der Waals surface area contributed by atoms with E-state index in [2.05, 4.69) is 4.74 Å². The molecule has 0 aromatic heterocycles. The molecule has 0 unspecified atom stereocenters. The van der Waals surface area contributed by atoms with E-state index in [9.17, 15) is 14.4 Å². The molecular formula is C13H11NO4. The van der Waals surface area contributed by atoms with Crippen LogP contribution in [0.2, 0.25) is 0 Å². The van der Waals surface area contributed by atoms with Gasteiger partial charge in [0, 0.05) is 12.2 Å². The number of imide groups is 1. The second-order valence-corrected chi connectivity index (χ2v) is 3.72. The Bertz CT molecular complexity index is 503. The van der Waals surface area contributed by atoms with Gasteiger partial charge in [-0.2, -0.15) is 0 Å². The quantitative estimate of drug-likeness (QED) is 0.584. The van der Waals surface area contributed by atoms with Gasteiger partial charge in [-0.3, -0.25) is 14.5 Å². The summed E-state index contributed by atoms with van der Waals surface area (Å²) in [4.78, 5) is 35.9. The Hall–Kier alpha value is -2.43. The third-order valence-electron chi connectivity index (χ3n) is 2.64. The molecule has 0 aliphatic carbocycles. The first-order valence-corrected chi connectivity index (χ1v) is 5.33. The monoisotopic (exact) mass is 245 g/mol. The van der Waals surface area contributed by atoms with E-state index in [-0.39, 0.29) is 0 Å². The van der Waals surface area contributed by atoms with Gasteiger partial charge in [-0.15, -0.1) is 0 Å². The number of hydrogen-bond donors (Lipinski definition) is 0. The normalized spacial score (nSPS) is 15.9. The Balaban J connectivity index is 2.41. The molecule has 5 heteroatoms. The van der Waals surface area contributed by atoms with Crippen molar-refractivity contribution in [2.24, 2.45) is 0 Å². The van der Waals surface area contributed by atoms with Crippen LogP contribution in [0.3, 0.4) is 0 Å². The summed E-state index contributed by atoms with van der Waals surface area (Å²) in [6, 6.07) is 7.53. The lowest BCUT2D eigenvalue weighted by molar-refractivity contribution is -0.155. The summed E-state index contributed by atoms with van der Waals surface area (Å²) in [6.45, 7) is 0. The molecule has 0 spiro atoms. The number of rotatable bonds is 3. The minimum Gasteiger partial charge on any atom is -0.467 e. The van der Waals surface area contributed by atoms with Crippen LogP contribution in [0, 0.1) is 0 Å². The smallest absolute Gasteiger partial charge is 0.333 e. The van der Waals surface area contributed by atoms with Gasteiger partial charge < -0.3 is 4.74 Å². The van der Waals surface area contributed by atoms with Gasteiger partial charge in [-0.25, -0.2) is 4.79 Å². The number of benzene rings is 1. The molecule has 2 rings (SSSR count). The lowest BCUT2D eigenvalue weighted by atomic mass is 10.1. The van der Waals surface area contributed by atoms with Crippen molar-refractivity contribution >= 4 is 17.8 Å². The van der Waals surface area contributed by atoms with Gasteiger partial charge in [0.2, 0.25) is 0 Å². The Morgan fingerprint density at radius 2 is 1.67 bits per heavy atom. The van der Waals surface area contributed by atoms with Crippen molar-refractivity contribution in [2.45, 2.75) is 6.04 Å². The molecule has 1 aromatic carbocycles. The van der Waals surface area contributed by atoms with E-state index < -0.39 is 23.8 Å². The minimum absolute atomic E-state index is 0.515. The number of carbonyl (C=O) groups is 3. The molecule has 2 amide bonds. The molecule has 92 valence electrons. The number of esters is 1. The molecule has 0 radical (unpaired) electrons. The fourth-order valence-corrected chi connectivity index (χ4v) is 1.80. The van der Waals surface area contributed by atoms with Crippen molar-refractivity contribution in [3.8, 4) is 0 Å². The van der Waals surface area contributed by atoms with Gasteiger partial charge in [0.05, 0.1) is 7.11 Å². The van der Waals surface area contributed by atoms with Crippen molar-refractivity contribution < 1.29 is 19.1 Å². The van der Waals surface area contributed by atoms with Crippen LogP contribution < -0.4 is 0 Å². The van der Waals surface area contributed by atoms with Crippen molar-refractivity contribution in [3.63, 3.8) is 0 Å². The first-order valence-electron chi connectivity index (χ1n) is 5.33. The third kappa shape index (κ3) is 2.02. The molecule has 0 fully saturated rings. The first-order chi connectivity index (χ1) is 8.65. The Kier molecular flexibility index (Phi) is 3.23. The van der Waals surface area contributed by atoms with E-state index in [1.807, 2.05) is 0 Å². The van der Waals surface area contributed by atoms with E-state index in [1.54, 1.807) is 30.3 Å². The fraction of sp³-hybridized carbons (Fsp3) is 0.154. The number of carbonyl (C=O) groups excluding carboxylic acids is 3. The Morgan fingerprint density at radius 1 is 1.11 bits per heavy atom. The van der Waals surface area contributed by atoms with Crippen LogP contribution in [-0.2, 0) is 19.1 Å². The molecule has 0 bridgehead atoms.